The number of carboxylic acid groups (broad SMARTS) is 2. The summed E-state index contributed by atoms with van der Waals surface area (Å²) in [7, 11) is 0. The van der Waals surface area contributed by atoms with Gasteiger partial charge in [0.15, 0.2) is 0 Å². The van der Waals surface area contributed by atoms with E-state index >= 15 is 0 Å². The molecule has 11 heavy (non-hydrogen) atoms. The summed E-state index contributed by atoms with van der Waals surface area (Å²) in [5.74, 6) is -1.69. The molecule has 0 aliphatic heterocycles. The number of rotatable bonds is 5. The number of hydrogen-bond acceptors (Lipinski definition) is 2. The molecule has 64 valence electrons. The molecule has 5 heteroatoms. The zero-order valence-corrected chi connectivity index (χ0v) is 7.82. The molecule has 0 aliphatic carbocycles. The predicted molar refractivity (Wildman–Crippen MR) is 39.9 cm³/mol. The molecule has 1 atom stereocenters. The monoisotopic (exact) mass is 226 g/mol. The van der Waals surface area contributed by atoms with Crippen molar-refractivity contribution in [3.63, 3.8) is 0 Å². The fourth-order valence-electron chi connectivity index (χ4n) is 0.394. The van der Waals surface area contributed by atoms with Crippen LogP contribution in [0.2, 0.25) is 10.1 Å². The van der Waals surface area contributed by atoms with Gasteiger partial charge < -0.3 is 0 Å². The molecular weight excluding hydrogens is 215 g/mol. The molecule has 0 amide bonds. The van der Waals surface area contributed by atoms with E-state index in [4.69, 9.17) is 10.2 Å². The molecule has 0 aromatic carbocycles. The minimum atomic E-state index is -0.857. The topological polar surface area (TPSA) is 74.6 Å². The number of hydrogen-bond donors (Lipinski definition) is 2. The third kappa shape index (κ3) is 5.88. The summed E-state index contributed by atoms with van der Waals surface area (Å²) in [6.07, 6.45) is 0.0810. The molecule has 0 spiro atoms. The van der Waals surface area contributed by atoms with Crippen LogP contribution in [0.1, 0.15) is 13.3 Å². The summed E-state index contributed by atoms with van der Waals surface area (Å²) in [4.78, 5) is 19.9. The third-order valence-corrected chi connectivity index (χ3v) is 3.43. The van der Waals surface area contributed by atoms with E-state index in [0.717, 1.165) is 0 Å². The van der Waals surface area contributed by atoms with Gasteiger partial charge in [0.1, 0.15) is 0 Å². The summed E-state index contributed by atoms with van der Waals surface area (Å²) in [5, 5.41) is 17.1. The van der Waals surface area contributed by atoms with Crippen LogP contribution in [-0.4, -0.2) is 37.1 Å². The quantitative estimate of drug-likeness (QED) is 0.667. The third-order valence-electron chi connectivity index (χ3n) is 1.03. The van der Waals surface area contributed by atoms with Crippen molar-refractivity contribution in [1.29, 1.82) is 0 Å². The summed E-state index contributed by atoms with van der Waals surface area (Å²) in [5.41, 5.74) is 0. The first-order valence-corrected chi connectivity index (χ1v) is 5.30. The van der Waals surface area contributed by atoms with Crippen molar-refractivity contribution >= 4 is 26.9 Å². The number of aliphatic carboxylic acids is 2. The molecule has 0 heterocycles. The second-order valence-corrected chi connectivity index (χ2v) is 5.03. The minimum absolute atomic E-state index is 0.0810. The average Bonchev–Trinajstić information content (AvgIpc) is 1.86. The molecule has 0 bridgehead atoms. The molecule has 0 radical (unpaired) electrons. The van der Waals surface area contributed by atoms with E-state index < -0.39 is 11.9 Å². The van der Waals surface area contributed by atoms with Crippen molar-refractivity contribution in [3.8, 4) is 0 Å². The van der Waals surface area contributed by atoms with E-state index in [-0.39, 0.29) is 26.2 Å². The molecule has 0 saturated carbocycles. The van der Waals surface area contributed by atoms with E-state index in [9.17, 15) is 9.59 Å². The van der Waals surface area contributed by atoms with Gasteiger partial charge in [-0.15, -0.1) is 0 Å². The second-order valence-electron chi connectivity index (χ2n) is 1.99. The Morgan fingerprint density at radius 1 is 1.45 bits per heavy atom. The summed E-state index contributed by atoms with van der Waals surface area (Å²) >= 11 is -0.0930. The van der Waals surface area contributed by atoms with Crippen LogP contribution in [0, 0.1) is 0 Å². The fraction of sp³-hybridized carbons (Fsp3) is 0.667. The molecule has 0 saturated heterocycles. The number of carboxylic acids is 2. The van der Waals surface area contributed by atoms with Gasteiger partial charge in [-0.25, -0.2) is 0 Å². The maximum atomic E-state index is 10.2. The van der Waals surface area contributed by atoms with Gasteiger partial charge in [-0.05, 0) is 0 Å². The van der Waals surface area contributed by atoms with Gasteiger partial charge in [-0.2, -0.15) is 0 Å². The van der Waals surface area contributed by atoms with Crippen LogP contribution in [0.5, 0.6) is 0 Å². The normalized spacial score (nSPS) is 12.5. The van der Waals surface area contributed by atoms with Crippen molar-refractivity contribution < 1.29 is 19.8 Å². The first-order valence-electron chi connectivity index (χ1n) is 3.10. The van der Waals surface area contributed by atoms with Gasteiger partial charge in [0.25, 0.3) is 0 Å². The van der Waals surface area contributed by atoms with Gasteiger partial charge in [-0.3, -0.25) is 0 Å². The molecule has 0 aromatic rings. The van der Waals surface area contributed by atoms with Gasteiger partial charge in [0.2, 0.25) is 0 Å². The first-order chi connectivity index (χ1) is 5.04. The average molecular weight is 225 g/mol. The van der Waals surface area contributed by atoms with E-state index in [1.165, 1.54) is 0 Å². The van der Waals surface area contributed by atoms with Crippen molar-refractivity contribution in [2.75, 3.05) is 0 Å². The van der Waals surface area contributed by atoms with Crippen LogP contribution in [0.25, 0.3) is 0 Å². The van der Waals surface area contributed by atoms with Crippen LogP contribution in [0.3, 0.4) is 0 Å². The Morgan fingerprint density at radius 2 is 2.00 bits per heavy atom. The Hall–Kier alpha value is -0.541. The predicted octanol–water partition coefficient (Wildman–Crippen LogP) is 0.477. The molecule has 0 aliphatic rings. The standard InChI is InChI=1S/C6H10O4Se/c1-4(6(9)10)11-3-2-5(7)8/h4H,2-3H2,1H3,(H,7,8)(H,9,10)/t4-/m1/s1. The Morgan fingerprint density at radius 3 is 2.36 bits per heavy atom. The second kappa shape index (κ2) is 5.15. The van der Waals surface area contributed by atoms with Gasteiger partial charge in [0.05, 0.1) is 0 Å². The van der Waals surface area contributed by atoms with E-state index in [0.29, 0.717) is 5.32 Å². The Labute approximate surface area is 70.8 Å². The van der Waals surface area contributed by atoms with Gasteiger partial charge >= 0.3 is 70.2 Å². The van der Waals surface area contributed by atoms with Crippen LogP contribution in [-0.2, 0) is 9.59 Å². The van der Waals surface area contributed by atoms with Gasteiger partial charge in [0, 0.05) is 0 Å². The van der Waals surface area contributed by atoms with Crippen molar-refractivity contribution in [2.45, 2.75) is 23.5 Å². The first kappa shape index (κ1) is 10.5. The van der Waals surface area contributed by atoms with Crippen LogP contribution in [0.4, 0.5) is 0 Å². The van der Waals surface area contributed by atoms with Crippen LogP contribution in [0.15, 0.2) is 0 Å². The van der Waals surface area contributed by atoms with E-state index in [2.05, 4.69) is 0 Å². The SMILES string of the molecule is C[C@@H]([Se]CCC(=O)O)C(=O)O. The van der Waals surface area contributed by atoms with Crippen LogP contribution < -0.4 is 0 Å². The molecule has 0 aromatic heterocycles. The number of carbonyl (C=O) groups is 2. The molecule has 2 N–H and O–H groups in total. The molecule has 4 nitrogen and oxygen atoms in total. The Bertz CT molecular complexity index is 157. The Balaban J connectivity index is 3.39. The van der Waals surface area contributed by atoms with Crippen molar-refractivity contribution in [1.82, 2.24) is 0 Å². The zero-order valence-electron chi connectivity index (χ0n) is 6.11. The van der Waals surface area contributed by atoms with E-state index in [1.807, 2.05) is 0 Å². The van der Waals surface area contributed by atoms with Crippen LogP contribution >= 0.6 is 0 Å². The molecule has 0 fully saturated rings. The zero-order chi connectivity index (χ0) is 8.85. The summed E-state index contributed by atoms with van der Waals surface area (Å²) in [6.45, 7) is 1.60. The van der Waals surface area contributed by atoms with E-state index in [1.54, 1.807) is 6.92 Å². The van der Waals surface area contributed by atoms with Crippen molar-refractivity contribution in [3.05, 3.63) is 0 Å². The fourth-order valence-corrected chi connectivity index (χ4v) is 2.05. The molecule has 0 unspecified atom stereocenters. The Kier molecular flexibility index (Phi) is 4.90. The van der Waals surface area contributed by atoms with Crippen molar-refractivity contribution in [2.24, 2.45) is 0 Å². The molecule has 0 rings (SSSR count). The summed E-state index contributed by atoms with van der Waals surface area (Å²) < 4.78 is 0. The van der Waals surface area contributed by atoms with Gasteiger partial charge in [-0.1, -0.05) is 0 Å². The maximum absolute atomic E-state index is 10.2. The summed E-state index contributed by atoms with van der Waals surface area (Å²) in [6, 6.07) is 0. The molecular formula is C6H10O4Se.